The maximum absolute atomic E-state index is 5.41. The minimum absolute atomic E-state index is 0.514. The van der Waals surface area contributed by atoms with Gasteiger partial charge in [-0.3, -0.25) is 0 Å². The Morgan fingerprint density at radius 1 is 1.50 bits per heavy atom. The molecule has 0 bridgehead atoms. The first-order valence-electron chi connectivity index (χ1n) is 6.75. The molecule has 2 unspecified atom stereocenters. The predicted octanol–water partition coefficient (Wildman–Crippen LogP) is 2.37. The average molecular weight is 249 g/mol. The lowest BCUT2D eigenvalue weighted by molar-refractivity contribution is 0.190. The van der Waals surface area contributed by atoms with Crippen LogP contribution in [0.25, 0.3) is 0 Å². The first kappa shape index (κ1) is 13.1. The van der Waals surface area contributed by atoms with Gasteiger partial charge in [0.15, 0.2) is 0 Å². The van der Waals surface area contributed by atoms with Crippen molar-refractivity contribution < 1.29 is 4.74 Å². The van der Waals surface area contributed by atoms with Gasteiger partial charge in [0, 0.05) is 24.7 Å². The molecule has 2 rings (SSSR count). The molecule has 1 N–H and O–H groups in total. The Bertz CT molecular complexity index is 383. The molecule has 1 aromatic rings. The number of nitrogens with zero attached hydrogens (tertiary/aromatic N) is 2. The topological polar surface area (TPSA) is 37.4 Å². The summed E-state index contributed by atoms with van der Waals surface area (Å²) in [6, 6.07) is 7.03. The lowest BCUT2D eigenvalue weighted by Gasteiger charge is -2.35. The SMILES string of the molecule is CCOc1cccc(NC2CCN(C)C(C)C2)n1. The van der Waals surface area contributed by atoms with Gasteiger partial charge in [-0.15, -0.1) is 0 Å². The number of ether oxygens (including phenoxy) is 1. The van der Waals surface area contributed by atoms with Crippen LogP contribution in [0.1, 0.15) is 26.7 Å². The van der Waals surface area contributed by atoms with Gasteiger partial charge in [0.1, 0.15) is 5.82 Å². The van der Waals surface area contributed by atoms with Crippen molar-refractivity contribution in [1.82, 2.24) is 9.88 Å². The molecule has 1 saturated heterocycles. The Morgan fingerprint density at radius 2 is 2.33 bits per heavy atom. The van der Waals surface area contributed by atoms with Crippen LogP contribution >= 0.6 is 0 Å². The lowest BCUT2D eigenvalue weighted by Crippen LogP contribution is -2.42. The summed E-state index contributed by atoms with van der Waals surface area (Å²) in [5, 5.41) is 3.51. The zero-order chi connectivity index (χ0) is 13.0. The highest BCUT2D eigenvalue weighted by atomic mass is 16.5. The second-order valence-corrected chi connectivity index (χ2v) is 4.99. The molecule has 2 heterocycles. The third kappa shape index (κ3) is 3.35. The van der Waals surface area contributed by atoms with Gasteiger partial charge in [0.25, 0.3) is 0 Å². The van der Waals surface area contributed by atoms with Crippen LogP contribution < -0.4 is 10.1 Å². The summed E-state index contributed by atoms with van der Waals surface area (Å²) in [4.78, 5) is 6.86. The van der Waals surface area contributed by atoms with Crippen LogP contribution in [0, 0.1) is 0 Å². The van der Waals surface area contributed by atoms with E-state index in [0.717, 1.165) is 18.8 Å². The van der Waals surface area contributed by atoms with Crippen LogP contribution in [0.4, 0.5) is 5.82 Å². The maximum Gasteiger partial charge on any atom is 0.215 e. The molecule has 0 radical (unpaired) electrons. The summed E-state index contributed by atoms with van der Waals surface area (Å²) in [5.74, 6) is 1.62. The molecule has 0 spiro atoms. The molecule has 0 saturated carbocycles. The first-order chi connectivity index (χ1) is 8.69. The van der Waals surface area contributed by atoms with Gasteiger partial charge in [-0.05, 0) is 39.8 Å². The zero-order valence-corrected chi connectivity index (χ0v) is 11.5. The number of likely N-dealkylation sites (tertiary alicyclic amines) is 1. The van der Waals surface area contributed by atoms with E-state index in [9.17, 15) is 0 Å². The van der Waals surface area contributed by atoms with Crippen molar-refractivity contribution in [3.05, 3.63) is 18.2 Å². The smallest absolute Gasteiger partial charge is 0.215 e. The van der Waals surface area contributed by atoms with Crippen molar-refractivity contribution in [3.8, 4) is 5.88 Å². The van der Waals surface area contributed by atoms with Gasteiger partial charge >= 0.3 is 0 Å². The van der Waals surface area contributed by atoms with Crippen molar-refractivity contribution >= 4 is 5.82 Å². The van der Waals surface area contributed by atoms with E-state index in [1.807, 2.05) is 25.1 Å². The summed E-state index contributed by atoms with van der Waals surface area (Å²) in [6.07, 6.45) is 2.33. The first-order valence-corrected chi connectivity index (χ1v) is 6.75. The normalized spacial score (nSPS) is 24.8. The molecule has 0 amide bonds. The van der Waals surface area contributed by atoms with E-state index < -0.39 is 0 Å². The van der Waals surface area contributed by atoms with E-state index in [4.69, 9.17) is 4.74 Å². The highest BCUT2D eigenvalue weighted by molar-refractivity contribution is 5.38. The molecule has 1 aliphatic heterocycles. The Balaban J connectivity index is 1.94. The van der Waals surface area contributed by atoms with E-state index in [1.54, 1.807) is 0 Å². The zero-order valence-electron chi connectivity index (χ0n) is 11.5. The minimum atomic E-state index is 0.514. The number of anilines is 1. The maximum atomic E-state index is 5.41. The number of hydrogen-bond acceptors (Lipinski definition) is 4. The summed E-state index contributed by atoms with van der Waals surface area (Å²) in [7, 11) is 2.19. The van der Waals surface area contributed by atoms with Crippen LogP contribution in [0.5, 0.6) is 5.88 Å². The van der Waals surface area contributed by atoms with Crippen molar-refractivity contribution in [2.24, 2.45) is 0 Å². The standard InChI is InChI=1S/C14H23N3O/c1-4-18-14-7-5-6-13(16-14)15-12-8-9-17(3)11(2)10-12/h5-7,11-12H,4,8-10H2,1-3H3,(H,15,16). The molecule has 1 aromatic heterocycles. The third-order valence-corrected chi connectivity index (χ3v) is 3.58. The molecular weight excluding hydrogens is 226 g/mol. The Labute approximate surface area is 109 Å². The number of nitrogens with one attached hydrogen (secondary N) is 1. The molecule has 1 fully saturated rings. The molecule has 2 atom stereocenters. The molecule has 1 aliphatic rings. The predicted molar refractivity (Wildman–Crippen MR) is 74.1 cm³/mol. The second kappa shape index (κ2) is 6.05. The van der Waals surface area contributed by atoms with Crippen LogP contribution in [-0.2, 0) is 0 Å². The van der Waals surface area contributed by atoms with E-state index in [0.29, 0.717) is 24.6 Å². The average Bonchev–Trinajstić information content (AvgIpc) is 2.35. The molecule has 18 heavy (non-hydrogen) atoms. The third-order valence-electron chi connectivity index (χ3n) is 3.58. The van der Waals surface area contributed by atoms with Gasteiger partial charge in [-0.1, -0.05) is 6.07 Å². The van der Waals surface area contributed by atoms with Gasteiger partial charge in [0.2, 0.25) is 5.88 Å². The molecule has 100 valence electrons. The lowest BCUT2D eigenvalue weighted by atomic mass is 9.99. The fraction of sp³-hybridized carbons (Fsp3) is 0.643. The Morgan fingerprint density at radius 3 is 3.06 bits per heavy atom. The molecule has 4 nitrogen and oxygen atoms in total. The molecule has 0 aliphatic carbocycles. The molecule has 4 heteroatoms. The van der Waals surface area contributed by atoms with E-state index >= 15 is 0 Å². The quantitative estimate of drug-likeness (QED) is 0.889. The van der Waals surface area contributed by atoms with Gasteiger partial charge < -0.3 is 15.0 Å². The van der Waals surface area contributed by atoms with E-state index in [2.05, 4.69) is 29.2 Å². The Kier molecular flexibility index (Phi) is 4.42. The van der Waals surface area contributed by atoms with E-state index in [1.165, 1.54) is 6.42 Å². The number of aromatic nitrogens is 1. The summed E-state index contributed by atoms with van der Waals surface area (Å²) in [5.41, 5.74) is 0. The number of piperidine rings is 1. The summed E-state index contributed by atoms with van der Waals surface area (Å²) < 4.78 is 5.41. The highest BCUT2D eigenvalue weighted by Crippen LogP contribution is 2.20. The number of pyridine rings is 1. The van der Waals surface area contributed by atoms with Crippen molar-refractivity contribution in [2.75, 3.05) is 25.5 Å². The van der Waals surface area contributed by atoms with Gasteiger partial charge in [0.05, 0.1) is 6.61 Å². The molecular formula is C14H23N3O. The van der Waals surface area contributed by atoms with Crippen molar-refractivity contribution in [1.29, 1.82) is 0 Å². The fourth-order valence-electron chi connectivity index (χ4n) is 2.35. The second-order valence-electron chi connectivity index (χ2n) is 4.99. The monoisotopic (exact) mass is 249 g/mol. The van der Waals surface area contributed by atoms with Gasteiger partial charge in [-0.2, -0.15) is 4.98 Å². The van der Waals surface area contributed by atoms with Crippen molar-refractivity contribution in [2.45, 2.75) is 38.8 Å². The van der Waals surface area contributed by atoms with E-state index in [-0.39, 0.29) is 0 Å². The van der Waals surface area contributed by atoms with Crippen LogP contribution in [0.15, 0.2) is 18.2 Å². The van der Waals surface area contributed by atoms with Crippen LogP contribution in [-0.4, -0.2) is 42.2 Å². The largest absolute Gasteiger partial charge is 0.478 e. The molecule has 0 aromatic carbocycles. The van der Waals surface area contributed by atoms with Crippen LogP contribution in [0.3, 0.4) is 0 Å². The van der Waals surface area contributed by atoms with Crippen molar-refractivity contribution in [3.63, 3.8) is 0 Å². The number of rotatable bonds is 4. The highest BCUT2D eigenvalue weighted by Gasteiger charge is 2.22. The summed E-state index contributed by atoms with van der Waals surface area (Å²) >= 11 is 0. The Hall–Kier alpha value is -1.29. The number of hydrogen-bond donors (Lipinski definition) is 1. The van der Waals surface area contributed by atoms with Crippen LogP contribution in [0.2, 0.25) is 0 Å². The summed E-state index contributed by atoms with van der Waals surface area (Å²) in [6.45, 7) is 6.05. The van der Waals surface area contributed by atoms with Gasteiger partial charge in [-0.25, -0.2) is 0 Å². The fourth-order valence-corrected chi connectivity index (χ4v) is 2.35. The minimum Gasteiger partial charge on any atom is -0.478 e.